The van der Waals surface area contributed by atoms with E-state index in [1.165, 1.54) is 0 Å². The lowest BCUT2D eigenvalue weighted by Gasteiger charge is -2.15. The first-order chi connectivity index (χ1) is 15.1. The number of benzene rings is 3. The second-order valence-corrected chi connectivity index (χ2v) is 8.28. The number of thiazole rings is 1. The molecular weight excluding hydrogens is 410 g/mol. The fourth-order valence-electron chi connectivity index (χ4n) is 3.62. The van der Waals surface area contributed by atoms with Crippen LogP contribution in [-0.4, -0.2) is 22.7 Å². The lowest BCUT2D eigenvalue weighted by molar-refractivity contribution is -0.116. The zero-order chi connectivity index (χ0) is 21.4. The molecule has 0 saturated heterocycles. The monoisotopic (exact) mass is 427 g/mol. The number of hydrogen-bond donors (Lipinski definition) is 1. The third-order valence-electron chi connectivity index (χ3n) is 5.09. The van der Waals surface area contributed by atoms with Crippen LogP contribution in [0.15, 0.2) is 72.8 Å². The number of aryl methyl sites for hydroxylation is 1. The van der Waals surface area contributed by atoms with E-state index >= 15 is 0 Å². The molecule has 1 aliphatic heterocycles. The van der Waals surface area contributed by atoms with E-state index in [1.807, 2.05) is 24.3 Å². The van der Waals surface area contributed by atoms with Crippen LogP contribution in [0.25, 0.3) is 10.2 Å². The van der Waals surface area contributed by atoms with Crippen molar-refractivity contribution in [2.45, 2.75) is 12.8 Å². The number of imide groups is 1. The molecule has 5 rings (SSSR count). The molecule has 0 bridgehead atoms. The van der Waals surface area contributed by atoms with Gasteiger partial charge in [-0.05, 0) is 42.5 Å². The summed E-state index contributed by atoms with van der Waals surface area (Å²) in [5, 5.41) is 3.76. The lowest BCUT2D eigenvalue weighted by Crippen LogP contribution is -2.29. The van der Waals surface area contributed by atoms with Crippen molar-refractivity contribution in [3.63, 3.8) is 0 Å². The summed E-state index contributed by atoms with van der Waals surface area (Å²) in [4.78, 5) is 43.5. The third-order valence-corrected chi connectivity index (χ3v) is 6.18. The summed E-state index contributed by atoms with van der Waals surface area (Å²) in [7, 11) is 0. The van der Waals surface area contributed by atoms with E-state index in [1.54, 1.807) is 59.9 Å². The summed E-state index contributed by atoms with van der Waals surface area (Å²) in [6.07, 6.45) is 0.834. The molecule has 0 fully saturated rings. The van der Waals surface area contributed by atoms with Crippen LogP contribution in [0.5, 0.6) is 0 Å². The van der Waals surface area contributed by atoms with E-state index in [0.717, 1.165) is 20.1 Å². The molecule has 7 heteroatoms. The van der Waals surface area contributed by atoms with Crippen molar-refractivity contribution < 1.29 is 14.4 Å². The van der Waals surface area contributed by atoms with Gasteiger partial charge in [-0.15, -0.1) is 11.3 Å². The van der Waals surface area contributed by atoms with Crippen molar-refractivity contribution in [1.29, 1.82) is 0 Å². The van der Waals surface area contributed by atoms with Gasteiger partial charge in [0.1, 0.15) is 0 Å². The Morgan fingerprint density at radius 1 is 0.903 bits per heavy atom. The normalized spacial score (nSPS) is 13.0. The SMILES string of the molecule is O=C(CCc1nc2ccccc2s1)Nc1cccc(N2C(=O)c3ccccc3C2=O)c1. The highest BCUT2D eigenvalue weighted by Gasteiger charge is 2.36. The Balaban J connectivity index is 1.28. The van der Waals surface area contributed by atoms with E-state index in [9.17, 15) is 14.4 Å². The first kappa shape index (κ1) is 19.1. The van der Waals surface area contributed by atoms with Crippen LogP contribution in [-0.2, 0) is 11.2 Å². The summed E-state index contributed by atoms with van der Waals surface area (Å²) >= 11 is 1.59. The van der Waals surface area contributed by atoms with E-state index in [0.29, 0.717) is 28.9 Å². The van der Waals surface area contributed by atoms with E-state index in [4.69, 9.17) is 0 Å². The number of amides is 3. The van der Waals surface area contributed by atoms with Gasteiger partial charge in [0, 0.05) is 18.5 Å². The maximum Gasteiger partial charge on any atom is 0.266 e. The molecule has 0 unspecified atom stereocenters. The van der Waals surface area contributed by atoms with E-state index in [2.05, 4.69) is 10.3 Å². The van der Waals surface area contributed by atoms with Gasteiger partial charge in [0.2, 0.25) is 5.91 Å². The summed E-state index contributed by atoms with van der Waals surface area (Å²) < 4.78 is 1.10. The Bertz CT molecular complexity index is 1280. The van der Waals surface area contributed by atoms with Gasteiger partial charge in [0.25, 0.3) is 11.8 Å². The van der Waals surface area contributed by atoms with Crippen molar-refractivity contribution in [3.8, 4) is 0 Å². The average Bonchev–Trinajstić information content (AvgIpc) is 3.31. The molecule has 0 radical (unpaired) electrons. The molecule has 1 aromatic heterocycles. The quantitative estimate of drug-likeness (QED) is 0.470. The minimum absolute atomic E-state index is 0.154. The highest BCUT2D eigenvalue weighted by Crippen LogP contribution is 2.30. The van der Waals surface area contributed by atoms with Gasteiger partial charge in [-0.25, -0.2) is 9.88 Å². The Morgan fingerprint density at radius 2 is 1.61 bits per heavy atom. The van der Waals surface area contributed by atoms with Gasteiger partial charge in [-0.1, -0.05) is 30.3 Å². The Morgan fingerprint density at radius 3 is 2.35 bits per heavy atom. The van der Waals surface area contributed by atoms with Crippen LogP contribution in [0.4, 0.5) is 11.4 Å². The molecule has 3 amide bonds. The molecule has 0 saturated carbocycles. The van der Waals surface area contributed by atoms with Gasteiger partial charge in [0.15, 0.2) is 0 Å². The van der Waals surface area contributed by atoms with Crippen LogP contribution in [0.2, 0.25) is 0 Å². The topological polar surface area (TPSA) is 79.4 Å². The second kappa shape index (κ2) is 7.77. The Hall–Kier alpha value is -3.84. The number of fused-ring (bicyclic) bond motifs is 2. The molecule has 0 spiro atoms. The highest BCUT2D eigenvalue weighted by molar-refractivity contribution is 7.18. The van der Waals surface area contributed by atoms with Crippen molar-refractivity contribution in [2.75, 3.05) is 10.2 Å². The maximum atomic E-state index is 12.7. The number of hydrogen-bond acceptors (Lipinski definition) is 5. The number of para-hydroxylation sites is 1. The standard InChI is InChI=1S/C24H17N3O3S/c28-21(12-13-22-26-19-10-3-4-11-20(19)31-22)25-15-6-5-7-16(14-15)27-23(29)17-8-1-2-9-18(17)24(27)30/h1-11,14H,12-13H2,(H,25,28). The number of rotatable bonds is 5. The summed E-state index contributed by atoms with van der Waals surface area (Å²) in [6.45, 7) is 0. The first-order valence-corrected chi connectivity index (χ1v) is 10.6. The Kier molecular flexibility index (Phi) is 4.80. The molecule has 2 heterocycles. The molecule has 6 nitrogen and oxygen atoms in total. The van der Waals surface area contributed by atoms with Crippen LogP contribution in [0.3, 0.4) is 0 Å². The van der Waals surface area contributed by atoms with Gasteiger partial charge in [0.05, 0.1) is 32.0 Å². The van der Waals surface area contributed by atoms with Crippen molar-refractivity contribution in [1.82, 2.24) is 4.98 Å². The molecule has 152 valence electrons. The molecule has 3 aromatic carbocycles. The number of anilines is 2. The Labute approximate surface area is 182 Å². The maximum absolute atomic E-state index is 12.7. The minimum Gasteiger partial charge on any atom is -0.326 e. The van der Waals surface area contributed by atoms with Crippen LogP contribution in [0.1, 0.15) is 32.1 Å². The number of carbonyl (C=O) groups excluding carboxylic acids is 3. The van der Waals surface area contributed by atoms with Gasteiger partial charge in [-0.3, -0.25) is 14.4 Å². The third kappa shape index (κ3) is 3.60. The second-order valence-electron chi connectivity index (χ2n) is 7.17. The van der Waals surface area contributed by atoms with Crippen molar-refractivity contribution in [3.05, 3.63) is 88.9 Å². The smallest absolute Gasteiger partial charge is 0.266 e. The molecule has 1 aliphatic rings. The summed E-state index contributed by atoms with van der Waals surface area (Å²) in [6, 6.07) is 21.4. The van der Waals surface area contributed by atoms with Gasteiger partial charge in [-0.2, -0.15) is 0 Å². The number of nitrogens with zero attached hydrogens (tertiary/aromatic N) is 2. The van der Waals surface area contributed by atoms with Gasteiger partial charge < -0.3 is 5.32 Å². The molecule has 0 atom stereocenters. The first-order valence-electron chi connectivity index (χ1n) is 9.82. The van der Waals surface area contributed by atoms with Crippen molar-refractivity contribution in [2.24, 2.45) is 0 Å². The molecule has 31 heavy (non-hydrogen) atoms. The van der Waals surface area contributed by atoms with E-state index < -0.39 is 0 Å². The minimum atomic E-state index is -0.361. The fourth-order valence-corrected chi connectivity index (χ4v) is 4.58. The predicted octanol–water partition coefficient (Wildman–Crippen LogP) is 4.67. The number of carbonyl (C=O) groups is 3. The summed E-state index contributed by atoms with van der Waals surface area (Å²) in [5.74, 6) is -0.876. The molecule has 4 aromatic rings. The van der Waals surface area contributed by atoms with Crippen LogP contribution in [0, 0.1) is 0 Å². The average molecular weight is 427 g/mol. The lowest BCUT2D eigenvalue weighted by atomic mass is 10.1. The van der Waals surface area contributed by atoms with Crippen LogP contribution >= 0.6 is 11.3 Å². The van der Waals surface area contributed by atoms with Crippen molar-refractivity contribution >= 4 is 50.6 Å². The van der Waals surface area contributed by atoms with Gasteiger partial charge >= 0.3 is 0 Å². The van der Waals surface area contributed by atoms with E-state index in [-0.39, 0.29) is 24.1 Å². The molecule has 0 aliphatic carbocycles. The zero-order valence-electron chi connectivity index (χ0n) is 16.4. The number of aromatic nitrogens is 1. The number of nitrogens with one attached hydrogen (secondary N) is 1. The zero-order valence-corrected chi connectivity index (χ0v) is 17.2. The fraction of sp³-hybridized carbons (Fsp3) is 0.0833. The largest absolute Gasteiger partial charge is 0.326 e. The predicted molar refractivity (Wildman–Crippen MR) is 121 cm³/mol. The molecular formula is C24H17N3O3S. The highest BCUT2D eigenvalue weighted by atomic mass is 32.1. The molecule has 1 N–H and O–H groups in total. The van der Waals surface area contributed by atoms with Crippen LogP contribution < -0.4 is 10.2 Å². The summed E-state index contributed by atoms with van der Waals surface area (Å²) in [5.41, 5.74) is 2.67.